The highest BCUT2D eigenvalue weighted by atomic mass is 19.1. The van der Waals surface area contributed by atoms with Gasteiger partial charge in [-0.2, -0.15) is 0 Å². The van der Waals surface area contributed by atoms with E-state index in [4.69, 9.17) is 0 Å². The van der Waals surface area contributed by atoms with Crippen LogP contribution in [-0.2, 0) is 0 Å². The molecule has 20 heavy (non-hydrogen) atoms. The smallest absolute Gasteiger partial charge is 0.255 e. The fourth-order valence-corrected chi connectivity index (χ4v) is 2.31. The fourth-order valence-electron chi connectivity index (χ4n) is 2.31. The summed E-state index contributed by atoms with van der Waals surface area (Å²) in [5, 5.41) is 6.00. The Hall–Kier alpha value is -1.69. The molecule has 2 heterocycles. The van der Waals surface area contributed by atoms with Crippen LogP contribution in [-0.4, -0.2) is 48.5 Å². The van der Waals surface area contributed by atoms with E-state index >= 15 is 0 Å². The van der Waals surface area contributed by atoms with E-state index in [2.05, 4.69) is 20.5 Å². The third kappa shape index (κ3) is 3.66. The monoisotopic (exact) mass is 280 g/mol. The second kappa shape index (κ2) is 6.65. The summed E-state index contributed by atoms with van der Waals surface area (Å²) in [4.78, 5) is 18.4. The topological polar surface area (TPSA) is 57.3 Å². The first kappa shape index (κ1) is 14.7. The predicted octanol–water partition coefficient (Wildman–Crippen LogP) is 1.48. The van der Waals surface area contributed by atoms with E-state index in [0.29, 0.717) is 12.4 Å². The van der Waals surface area contributed by atoms with Crippen LogP contribution in [0.1, 0.15) is 30.1 Å². The highest BCUT2D eigenvalue weighted by Crippen LogP contribution is 2.15. The Kier molecular flexibility index (Phi) is 4.89. The molecule has 1 atom stereocenters. The van der Waals surface area contributed by atoms with Crippen LogP contribution >= 0.6 is 0 Å². The van der Waals surface area contributed by atoms with Crippen LogP contribution in [0.25, 0.3) is 0 Å². The van der Waals surface area contributed by atoms with Crippen molar-refractivity contribution in [3.63, 3.8) is 0 Å². The molecular formula is C14H21FN4O. The Morgan fingerprint density at radius 1 is 1.60 bits per heavy atom. The zero-order valence-electron chi connectivity index (χ0n) is 11.9. The minimum absolute atomic E-state index is 0.120. The number of nitrogens with one attached hydrogen (secondary N) is 2. The minimum atomic E-state index is -0.499. The van der Waals surface area contributed by atoms with Crippen molar-refractivity contribution in [2.24, 2.45) is 0 Å². The van der Waals surface area contributed by atoms with E-state index in [1.807, 2.05) is 14.0 Å². The summed E-state index contributed by atoms with van der Waals surface area (Å²) in [5.41, 5.74) is 0.271. The van der Waals surface area contributed by atoms with E-state index in [1.54, 1.807) is 0 Å². The fraction of sp³-hybridized carbons (Fsp3) is 0.571. The van der Waals surface area contributed by atoms with Crippen LogP contribution in [0.15, 0.2) is 12.3 Å². The van der Waals surface area contributed by atoms with Crippen LogP contribution < -0.4 is 10.6 Å². The third-order valence-electron chi connectivity index (χ3n) is 3.37. The Labute approximate surface area is 118 Å². The molecule has 1 amide bonds. The maximum absolute atomic E-state index is 13.3. The second-order valence-electron chi connectivity index (χ2n) is 5.20. The molecule has 1 saturated heterocycles. The lowest BCUT2D eigenvalue weighted by Crippen LogP contribution is -2.37. The number of hydrogen-bond acceptors (Lipinski definition) is 4. The molecule has 5 nitrogen and oxygen atoms in total. The summed E-state index contributed by atoms with van der Waals surface area (Å²) in [5.74, 6) is -0.325. The molecule has 1 unspecified atom stereocenters. The normalized spacial score (nSPS) is 19.1. The van der Waals surface area contributed by atoms with Crippen LogP contribution in [0.2, 0.25) is 0 Å². The average molecular weight is 280 g/mol. The molecule has 0 saturated carbocycles. The van der Waals surface area contributed by atoms with Crippen molar-refractivity contribution >= 4 is 11.7 Å². The first-order valence-corrected chi connectivity index (χ1v) is 6.99. The molecular weight excluding hydrogens is 259 g/mol. The molecule has 110 valence electrons. The number of rotatable bonds is 5. The molecule has 6 heteroatoms. The van der Waals surface area contributed by atoms with Gasteiger partial charge in [-0.3, -0.25) is 4.79 Å². The van der Waals surface area contributed by atoms with Gasteiger partial charge in [0.15, 0.2) is 0 Å². The van der Waals surface area contributed by atoms with Gasteiger partial charge in [-0.15, -0.1) is 0 Å². The number of hydrogen-bond donors (Lipinski definition) is 2. The lowest BCUT2D eigenvalue weighted by molar-refractivity contribution is 0.0938. The number of nitrogens with zero attached hydrogens (tertiary/aromatic N) is 2. The molecule has 1 aliphatic rings. The van der Waals surface area contributed by atoms with E-state index in [1.165, 1.54) is 6.07 Å². The Balaban J connectivity index is 2.09. The number of halogens is 1. The van der Waals surface area contributed by atoms with Gasteiger partial charge in [0.25, 0.3) is 5.91 Å². The Morgan fingerprint density at radius 3 is 3.05 bits per heavy atom. The number of likely N-dealkylation sites (tertiary alicyclic amines) is 1. The summed E-state index contributed by atoms with van der Waals surface area (Å²) in [6.07, 6.45) is 2.95. The maximum Gasteiger partial charge on any atom is 0.255 e. The van der Waals surface area contributed by atoms with Gasteiger partial charge in [0.05, 0.1) is 11.8 Å². The van der Waals surface area contributed by atoms with E-state index in [-0.39, 0.29) is 17.5 Å². The number of carbonyl (C=O) groups excluding carboxylic acids is 1. The number of carbonyl (C=O) groups is 1. The zero-order chi connectivity index (χ0) is 14.5. The first-order chi connectivity index (χ1) is 9.60. The largest absolute Gasteiger partial charge is 0.369 e. The van der Waals surface area contributed by atoms with Crippen LogP contribution in [0, 0.1) is 5.82 Å². The lowest BCUT2D eigenvalue weighted by atomic mass is 10.2. The van der Waals surface area contributed by atoms with Gasteiger partial charge in [-0.1, -0.05) is 6.92 Å². The van der Waals surface area contributed by atoms with Crippen molar-refractivity contribution in [3.05, 3.63) is 23.6 Å². The lowest BCUT2D eigenvalue weighted by Gasteiger charge is -2.15. The quantitative estimate of drug-likeness (QED) is 0.857. The summed E-state index contributed by atoms with van der Waals surface area (Å²) in [6, 6.07) is 1.36. The molecule has 2 rings (SSSR count). The number of pyridine rings is 1. The molecule has 2 N–H and O–H groups in total. The molecule has 0 bridgehead atoms. The highest BCUT2D eigenvalue weighted by molar-refractivity contribution is 5.98. The average Bonchev–Trinajstić information content (AvgIpc) is 2.82. The van der Waals surface area contributed by atoms with Gasteiger partial charge in [0.2, 0.25) is 0 Å². The number of amides is 1. The van der Waals surface area contributed by atoms with E-state index < -0.39 is 5.82 Å². The van der Waals surface area contributed by atoms with Crippen molar-refractivity contribution in [1.82, 2.24) is 15.2 Å². The molecule has 1 fully saturated rings. The SMILES string of the molecule is CCCNc1ncc(F)cc1C(=O)NC1CCN(C)C1. The number of anilines is 1. The molecule has 1 aromatic heterocycles. The number of aromatic nitrogens is 1. The molecule has 0 aromatic carbocycles. The van der Waals surface area contributed by atoms with Gasteiger partial charge in [0, 0.05) is 19.1 Å². The van der Waals surface area contributed by atoms with Crippen LogP contribution in [0.5, 0.6) is 0 Å². The molecule has 1 aliphatic heterocycles. The van der Waals surface area contributed by atoms with Gasteiger partial charge >= 0.3 is 0 Å². The first-order valence-electron chi connectivity index (χ1n) is 6.99. The van der Waals surface area contributed by atoms with Crippen LogP contribution in [0.3, 0.4) is 0 Å². The van der Waals surface area contributed by atoms with E-state index in [9.17, 15) is 9.18 Å². The number of likely N-dealkylation sites (N-methyl/N-ethyl adjacent to an activating group) is 1. The standard InChI is InChI=1S/C14H21FN4O/c1-3-5-16-13-12(7-10(15)8-17-13)14(20)18-11-4-6-19(2)9-11/h7-8,11H,3-6,9H2,1-2H3,(H,16,17)(H,18,20). The molecule has 0 spiro atoms. The minimum Gasteiger partial charge on any atom is -0.369 e. The van der Waals surface area contributed by atoms with E-state index in [0.717, 1.165) is 32.1 Å². The van der Waals surface area contributed by atoms with Gasteiger partial charge in [-0.25, -0.2) is 9.37 Å². The van der Waals surface area contributed by atoms with Gasteiger partial charge in [0.1, 0.15) is 11.6 Å². The van der Waals surface area contributed by atoms with Crippen molar-refractivity contribution in [2.45, 2.75) is 25.8 Å². The van der Waals surface area contributed by atoms with Gasteiger partial charge in [-0.05, 0) is 32.5 Å². The predicted molar refractivity (Wildman–Crippen MR) is 76.3 cm³/mol. The summed E-state index contributed by atoms with van der Waals surface area (Å²) in [6.45, 7) is 4.51. The summed E-state index contributed by atoms with van der Waals surface area (Å²) in [7, 11) is 2.02. The summed E-state index contributed by atoms with van der Waals surface area (Å²) < 4.78 is 13.3. The Morgan fingerprint density at radius 2 is 2.40 bits per heavy atom. The Bertz CT molecular complexity index is 480. The third-order valence-corrected chi connectivity index (χ3v) is 3.37. The van der Waals surface area contributed by atoms with Crippen molar-refractivity contribution in [2.75, 3.05) is 32.0 Å². The van der Waals surface area contributed by atoms with Gasteiger partial charge < -0.3 is 15.5 Å². The highest BCUT2D eigenvalue weighted by Gasteiger charge is 2.23. The van der Waals surface area contributed by atoms with Crippen molar-refractivity contribution < 1.29 is 9.18 Å². The maximum atomic E-state index is 13.3. The zero-order valence-corrected chi connectivity index (χ0v) is 11.9. The van der Waals surface area contributed by atoms with Crippen molar-refractivity contribution in [3.8, 4) is 0 Å². The van der Waals surface area contributed by atoms with Crippen molar-refractivity contribution in [1.29, 1.82) is 0 Å². The van der Waals surface area contributed by atoms with Crippen LogP contribution in [0.4, 0.5) is 10.2 Å². The second-order valence-corrected chi connectivity index (χ2v) is 5.20. The summed E-state index contributed by atoms with van der Waals surface area (Å²) >= 11 is 0. The molecule has 1 aromatic rings. The molecule has 0 aliphatic carbocycles. The molecule has 0 radical (unpaired) electrons.